The third kappa shape index (κ3) is 2.59. The first-order valence-corrected chi connectivity index (χ1v) is 5.54. The summed E-state index contributed by atoms with van der Waals surface area (Å²) in [7, 11) is 0. The molecule has 1 aromatic rings. The summed E-state index contributed by atoms with van der Waals surface area (Å²) >= 11 is 0. The average Bonchev–Trinajstić information content (AvgIpc) is 2.83. The van der Waals surface area contributed by atoms with Gasteiger partial charge in [-0.25, -0.2) is 0 Å². The lowest BCUT2D eigenvalue weighted by Gasteiger charge is -2.16. The number of hydrogen-bond acceptors (Lipinski definition) is 3. The predicted molar refractivity (Wildman–Crippen MR) is 60.6 cm³/mol. The molecule has 1 aliphatic heterocycles. The average molecular weight is 220 g/mol. The maximum atomic E-state index is 11.7. The largest absolute Gasteiger partial charge is 0.369 e. The number of hydrogen-bond donors (Lipinski definition) is 3. The Hall–Kier alpha value is -1.39. The molecule has 16 heavy (non-hydrogen) atoms. The highest BCUT2D eigenvalue weighted by Gasteiger charge is 2.23. The Morgan fingerprint density at radius 1 is 1.44 bits per heavy atom. The Bertz CT molecular complexity index is 347. The number of carbonyl (C=O) groups excluding carboxylic acids is 1. The molecule has 1 amide bonds. The van der Waals surface area contributed by atoms with Gasteiger partial charge in [-0.15, -0.1) is 0 Å². The third-order valence-corrected chi connectivity index (χ3v) is 2.77. The van der Waals surface area contributed by atoms with Crippen LogP contribution in [0.4, 0.5) is 0 Å². The zero-order chi connectivity index (χ0) is 11.4. The number of amides is 1. The first-order chi connectivity index (χ1) is 7.77. The van der Waals surface area contributed by atoms with Crippen LogP contribution in [-0.2, 0) is 4.79 Å². The first-order valence-electron chi connectivity index (χ1n) is 5.54. The summed E-state index contributed by atoms with van der Waals surface area (Å²) in [5.41, 5.74) is 0.703. The highest BCUT2D eigenvalue weighted by Crippen LogP contribution is 2.11. The van der Waals surface area contributed by atoms with E-state index in [1.807, 2.05) is 18.2 Å². The van der Waals surface area contributed by atoms with Crippen LogP contribution in [0.5, 0.6) is 0 Å². The molecule has 2 rings (SSSR count). The van der Waals surface area contributed by atoms with Gasteiger partial charge in [0.2, 0.25) is 5.91 Å². The maximum absolute atomic E-state index is 11.7. The van der Waals surface area contributed by atoms with Gasteiger partial charge >= 0.3 is 0 Å². The molecular formula is C12H16N2O2. The molecule has 0 saturated carbocycles. The van der Waals surface area contributed by atoms with E-state index in [2.05, 4.69) is 10.6 Å². The maximum Gasteiger partial charge on any atom is 0.239 e. The molecule has 1 saturated heterocycles. The van der Waals surface area contributed by atoms with Crippen molar-refractivity contribution in [3.05, 3.63) is 35.9 Å². The van der Waals surface area contributed by atoms with Crippen LogP contribution in [0.1, 0.15) is 24.6 Å². The lowest BCUT2D eigenvalue weighted by molar-refractivity contribution is -0.125. The Labute approximate surface area is 94.7 Å². The van der Waals surface area contributed by atoms with Crippen LogP contribution in [0.2, 0.25) is 0 Å². The van der Waals surface area contributed by atoms with Crippen molar-refractivity contribution in [1.82, 2.24) is 10.6 Å². The molecule has 0 bridgehead atoms. The fraction of sp³-hybridized carbons (Fsp3) is 0.417. The summed E-state index contributed by atoms with van der Waals surface area (Å²) < 4.78 is 0. The van der Waals surface area contributed by atoms with Crippen molar-refractivity contribution >= 4 is 5.91 Å². The fourth-order valence-corrected chi connectivity index (χ4v) is 1.86. The standard InChI is InChI=1S/C12H16N2O2/c15-11(9-5-2-1-3-6-9)14-12(16)10-7-4-8-13-10/h1-3,5-6,10-11,13,15H,4,7-8H2,(H,14,16)/t10-,11-/m0/s1. The Kier molecular flexibility index (Phi) is 3.54. The normalized spacial score (nSPS) is 21.7. The minimum atomic E-state index is -0.920. The van der Waals surface area contributed by atoms with Gasteiger partial charge in [0, 0.05) is 5.56 Å². The predicted octanol–water partition coefficient (Wildman–Crippen LogP) is 0.546. The monoisotopic (exact) mass is 220 g/mol. The van der Waals surface area contributed by atoms with E-state index in [0.29, 0.717) is 5.56 Å². The summed E-state index contributed by atoms with van der Waals surface area (Å²) in [5, 5.41) is 15.5. The van der Waals surface area contributed by atoms with Crippen LogP contribution in [0.25, 0.3) is 0 Å². The molecule has 0 aliphatic carbocycles. The van der Waals surface area contributed by atoms with Gasteiger partial charge < -0.3 is 15.7 Å². The highest BCUT2D eigenvalue weighted by atomic mass is 16.3. The van der Waals surface area contributed by atoms with Gasteiger partial charge in [-0.05, 0) is 19.4 Å². The van der Waals surface area contributed by atoms with E-state index in [1.54, 1.807) is 12.1 Å². The summed E-state index contributed by atoms with van der Waals surface area (Å²) in [6.45, 7) is 0.875. The zero-order valence-electron chi connectivity index (χ0n) is 9.02. The summed E-state index contributed by atoms with van der Waals surface area (Å²) in [5.74, 6) is -0.131. The molecule has 1 aliphatic rings. The molecule has 2 atom stereocenters. The summed E-state index contributed by atoms with van der Waals surface area (Å²) in [6.07, 6.45) is 0.934. The van der Waals surface area contributed by atoms with Gasteiger partial charge in [0.15, 0.2) is 6.23 Å². The minimum absolute atomic E-state index is 0.131. The van der Waals surface area contributed by atoms with Crippen molar-refractivity contribution in [3.63, 3.8) is 0 Å². The SMILES string of the molecule is O=C(N[C@@H](O)c1ccccc1)[C@@H]1CCCN1. The molecule has 0 unspecified atom stereocenters. The van der Waals surface area contributed by atoms with Crippen LogP contribution in [0.15, 0.2) is 30.3 Å². The van der Waals surface area contributed by atoms with E-state index in [-0.39, 0.29) is 11.9 Å². The van der Waals surface area contributed by atoms with Gasteiger partial charge in [0.25, 0.3) is 0 Å². The third-order valence-electron chi connectivity index (χ3n) is 2.77. The Balaban J connectivity index is 1.92. The van der Waals surface area contributed by atoms with Crippen molar-refractivity contribution in [2.75, 3.05) is 6.54 Å². The molecule has 1 aromatic carbocycles. The van der Waals surface area contributed by atoms with Crippen LogP contribution in [-0.4, -0.2) is 23.6 Å². The number of carbonyl (C=O) groups is 1. The van der Waals surface area contributed by atoms with Crippen LogP contribution >= 0.6 is 0 Å². The van der Waals surface area contributed by atoms with Gasteiger partial charge in [-0.2, -0.15) is 0 Å². The molecule has 1 heterocycles. The van der Waals surface area contributed by atoms with Crippen LogP contribution < -0.4 is 10.6 Å². The lowest BCUT2D eigenvalue weighted by Crippen LogP contribution is -2.42. The highest BCUT2D eigenvalue weighted by molar-refractivity contribution is 5.82. The minimum Gasteiger partial charge on any atom is -0.369 e. The van der Waals surface area contributed by atoms with E-state index in [0.717, 1.165) is 19.4 Å². The number of aliphatic hydroxyl groups is 1. The lowest BCUT2D eigenvalue weighted by atomic mass is 10.1. The second-order valence-corrected chi connectivity index (χ2v) is 3.97. The van der Waals surface area contributed by atoms with Gasteiger partial charge in [0.1, 0.15) is 0 Å². The Morgan fingerprint density at radius 2 is 2.19 bits per heavy atom. The van der Waals surface area contributed by atoms with Gasteiger partial charge in [-0.1, -0.05) is 30.3 Å². The quantitative estimate of drug-likeness (QED) is 0.652. The van der Waals surface area contributed by atoms with Gasteiger partial charge in [0.05, 0.1) is 6.04 Å². The van der Waals surface area contributed by atoms with Crippen LogP contribution in [0, 0.1) is 0 Å². The number of rotatable bonds is 3. The smallest absolute Gasteiger partial charge is 0.239 e. The summed E-state index contributed by atoms with van der Waals surface area (Å²) in [4.78, 5) is 11.7. The molecule has 0 aromatic heterocycles. The molecular weight excluding hydrogens is 204 g/mol. The molecule has 3 N–H and O–H groups in total. The molecule has 1 fully saturated rings. The number of nitrogens with one attached hydrogen (secondary N) is 2. The first kappa shape index (κ1) is 11.1. The van der Waals surface area contributed by atoms with Gasteiger partial charge in [-0.3, -0.25) is 4.79 Å². The number of benzene rings is 1. The van der Waals surface area contributed by atoms with E-state index < -0.39 is 6.23 Å². The zero-order valence-corrected chi connectivity index (χ0v) is 9.02. The molecule has 0 radical (unpaired) electrons. The molecule has 4 nitrogen and oxygen atoms in total. The van der Waals surface area contributed by atoms with E-state index in [4.69, 9.17) is 0 Å². The number of aliphatic hydroxyl groups excluding tert-OH is 1. The molecule has 0 spiro atoms. The molecule has 4 heteroatoms. The second-order valence-electron chi connectivity index (χ2n) is 3.97. The fourth-order valence-electron chi connectivity index (χ4n) is 1.86. The van der Waals surface area contributed by atoms with Crippen molar-refractivity contribution in [2.45, 2.75) is 25.1 Å². The van der Waals surface area contributed by atoms with Crippen molar-refractivity contribution in [2.24, 2.45) is 0 Å². The molecule has 86 valence electrons. The Morgan fingerprint density at radius 3 is 2.81 bits per heavy atom. The van der Waals surface area contributed by atoms with Crippen molar-refractivity contribution < 1.29 is 9.90 Å². The van der Waals surface area contributed by atoms with E-state index >= 15 is 0 Å². The van der Waals surface area contributed by atoms with E-state index in [9.17, 15) is 9.90 Å². The summed E-state index contributed by atoms with van der Waals surface area (Å²) in [6, 6.07) is 8.95. The van der Waals surface area contributed by atoms with Crippen molar-refractivity contribution in [3.8, 4) is 0 Å². The van der Waals surface area contributed by atoms with E-state index in [1.165, 1.54) is 0 Å². The second kappa shape index (κ2) is 5.09. The van der Waals surface area contributed by atoms with Crippen LogP contribution in [0.3, 0.4) is 0 Å². The topological polar surface area (TPSA) is 61.4 Å². The van der Waals surface area contributed by atoms with Crippen molar-refractivity contribution in [1.29, 1.82) is 0 Å².